The minimum atomic E-state index is -4.31. The van der Waals surface area contributed by atoms with E-state index in [0.29, 0.717) is 12.1 Å². The second-order valence-electron chi connectivity index (χ2n) is 6.36. The van der Waals surface area contributed by atoms with Gasteiger partial charge in [-0.1, -0.05) is 0 Å². The first-order valence-electron chi connectivity index (χ1n) is 7.59. The van der Waals surface area contributed by atoms with Crippen LogP contribution < -0.4 is 5.32 Å². The van der Waals surface area contributed by atoms with E-state index in [-0.39, 0.29) is 19.0 Å². The summed E-state index contributed by atoms with van der Waals surface area (Å²) in [4.78, 5) is 14.9. The number of hydrogen-bond acceptors (Lipinski definition) is 3. The lowest BCUT2D eigenvalue weighted by atomic mass is 10.0. The SMILES string of the molecule is CC(C)N1CCC(NC2CC(=O)N(CC(F)(F)F)C2)CC1. The first kappa shape index (κ1) is 16.5. The molecule has 0 radical (unpaired) electrons. The van der Waals surface area contributed by atoms with Crippen LogP contribution in [0.3, 0.4) is 0 Å². The van der Waals surface area contributed by atoms with Crippen molar-refractivity contribution in [2.75, 3.05) is 26.2 Å². The van der Waals surface area contributed by atoms with E-state index in [1.807, 2.05) is 0 Å². The van der Waals surface area contributed by atoms with Crippen LogP contribution in [0.5, 0.6) is 0 Å². The lowest BCUT2D eigenvalue weighted by Gasteiger charge is -2.36. The van der Waals surface area contributed by atoms with Crippen molar-refractivity contribution in [1.82, 2.24) is 15.1 Å². The summed E-state index contributed by atoms with van der Waals surface area (Å²) < 4.78 is 37.1. The average molecular weight is 307 g/mol. The molecular weight excluding hydrogens is 283 g/mol. The molecule has 21 heavy (non-hydrogen) atoms. The maximum Gasteiger partial charge on any atom is 0.406 e. The monoisotopic (exact) mass is 307 g/mol. The summed E-state index contributed by atoms with van der Waals surface area (Å²) in [6.07, 6.45) is -2.15. The standard InChI is InChI=1S/C14H24F3N3O/c1-10(2)19-5-3-11(4-6-19)18-12-7-13(21)20(8-12)9-14(15,16)17/h10-12,18H,3-9H2,1-2H3. The molecule has 0 aromatic carbocycles. The van der Waals surface area contributed by atoms with Gasteiger partial charge in [0, 0.05) is 31.1 Å². The van der Waals surface area contributed by atoms with Crippen LogP contribution in [0.1, 0.15) is 33.1 Å². The Morgan fingerprint density at radius 1 is 1.24 bits per heavy atom. The molecule has 0 aliphatic carbocycles. The van der Waals surface area contributed by atoms with Crippen LogP contribution in [0.4, 0.5) is 13.2 Å². The van der Waals surface area contributed by atoms with Gasteiger partial charge in [-0.05, 0) is 39.8 Å². The molecule has 4 nitrogen and oxygen atoms in total. The van der Waals surface area contributed by atoms with Crippen LogP contribution in [-0.2, 0) is 4.79 Å². The second kappa shape index (κ2) is 6.52. The summed E-state index contributed by atoms with van der Waals surface area (Å²) in [6.45, 7) is 5.37. The minimum absolute atomic E-state index is 0.143. The zero-order chi connectivity index (χ0) is 15.6. The maximum absolute atomic E-state index is 12.4. The van der Waals surface area contributed by atoms with Crippen LogP contribution in [-0.4, -0.2) is 66.2 Å². The Labute approximate surface area is 123 Å². The fourth-order valence-corrected chi connectivity index (χ4v) is 3.17. The topological polar surface area (TPSA) is 35.6 Å². The van der Waals surface area contributed by atoms with Crippen molar-refractivity contribution < 1.29 is 18.0 Å². The highest BCUT2D eigenvalue weighted by atomic mass is 19.4. The van der Waals surface area contributed by atoms with Crippen LogP contribution in [0, 0.1) is 0 Å². The predicted octanol–water partition coefficient (Wildman–Crippen LogP) is 1.61. The highest BCUT2D eigenvalue weighted by molar-refractivity contribution is 5.79. The fourth-order valence-electron chi connectivity index (χ4n) is 3.17. The Morgan fingerprint density at radius 2 is 1.86 bits per heavy atom. The van der Waals surface area contributed by atoms with Crippen LogP contribution in [0.15, 0.2) is 0 Å². The minimum Gasteiger partial charge on any atom is -0.332 e. The molecule has 0 bridgehead atoms. The van der Waals surface area contributed by atoms with Crippen molar-refractivity contribution in [3.8, 4) is 0 Å². The first-order chi connectivity index (χ1) is 9.74. The quantitative estimate of drug-likeness (QED) is 0.857. The molecule has 122 valence electrons. The molecule has 1 N–H and O–H groups in total. The molecule has 2 saturated heterocycles. The molecule has 1 unspecified atom stereocenters. The number of nitrogens with one attached hydrogen (secondary N) is 1. The lowest BCUT2D eigenvalue weighted by molar-refractivity contribution is -0.157. The highest BCUT2D eigenvalue weighted by Crippen LogP contribution is 2.22. The normalized spacial score (nSPS) is 26.1. The van der Waals surface area contributed by atoms with Crippen molar-refractivity contribution >= 4 is 5.91 Å². The largest absolute Gasteiger partial charge is 0.406 e. The third kappa shape index (κ3) is 4.85. The van der Waals surface area contributed by atoms with Gasteiger partial charge in [-0.25, -0.2) is 0 Å². The number of carbonyl (C=O) groups excluding carboxylic acids is 1. The molecule has 2 rings (SSSR count). The molecule has 7 heteroatoms. The van der Waals surface area contributed by atoms with Gasteiger partial charge < -0.3 is 15.1 Å². The third-order valence-corrected chi connectivity index (χ3v) is 4.32. The van der Waals surface area contributed by atoms with Crippen molar-refractivity contribution in [1.29, 1.82) is 0 Å². The number of hydrogen-bond donors (Lipinski definition) is 1. The zero-order valence-electron chi connectivity index (χ0n) is 12.6. The Morgan fingerprint density at radius 3 is 2.38 bits per heavy atom. The zero-order valence-corrected chi connectivity index (χ0v) is 12.6. The van der Waals surface area contributed by atoms with E-state index < -0.39 is 18.6 Å². The molecule has 0 aromatic rings. The van der Waals surface area contributed by atoms with Gasteiger partial charge in [0.1, 0.15) is 6.54 Å². The third-order valence-electron chi connectivity index (χ3n) is 4.32. The van der Waals surface area contributed by atoms with Gasteiger partial charge in [0.15, 0.2) is 0 Å². The number of rotatable bonds is 4. The van der Waals surface area contributed by atoms with Crippen LogP contribution >= 0.6 is 0 Å². The molecular formula is C14H24F3N3O. The van der Waals surface area contributed by atoms with Crippen LogP contribution in [0.2, 0.25) is 0 Å². The number of alkyl halides is 3. The van der Waals surface area contributed by atoms with Gasteiger partial charge in [0.2, 0.25) is 5.91 Å². The molecule has 2 aliphatic heterocycles. The van der Waals surface area contributed by atoms with E-state index >= 15 is 0 Å². The Hall–Kier alpha value is -0.820. The number of carbonyl (C=O) groups is 1. The predicted molar refractivity (Wildman–Crippen MR) is 73.9 cm³/mol. The molecule has 1 amide bonds. The van der Waals surface area contributed by atoms with Gasteiger partial charge in [0.05, 0.1) is 0 Å². The molecule has 2 fully saturated rings. The van der Waals surface area contributed by atoms with E-state index in [1.165, 1.54) is 0 Å². The Balaban J connectivity index is 1.77. The van der Waals surface area contributed by atoms with Crippen molar-refractivity contribution in [2.45, 2.75) is 57.4 Å². The van der Waals surface area contributed by atoms with E-state index in [9.17, 15) is 18.0 Å². The van der Waals surface area contributed by atoms with Gasteiger partial charge in [0.25, 0.3) is 0 Å². The van der Waals surface area contributed by atoms with E-state index in [4.69, 9.17) is 0 Å². The summed E-state index contributed by atoms with van der Waals surface area (Å²) in [7, 11) is 0. The lowest BCUT2D eigenvalue weighted by Crippen LogP contribution is -2.48. The summed E-state index contributed by atoms with van der Waals surface area (Å²) in [5.41, 5.74) is 0. The fraction of sp³-hybridized carbons (Fsp3) is 0.929. The first-order valence-corrected chi connectivity index (χ1v) is 7.59. The second-order valence-corrected chi connectivity index (χ2v) is 6.36. The Bertz CT molecular complexity index is 365. The number of halogens is 3. The summed E-state index contributed by atoms with van der Waals surface area (Å²) in [6, 6.07) is 0.695. The van der Waals surface area contributed by atoms with E-state index in [0.717, 1.165) is 30.8 Å². The number of amides is 1. The van der Waals surface area contributed by atoms with Gasteiger partial charge in [-0.15, -0.1) is 0 Å². The summed E-state index contributed by atoms with van der Waals surface area (Å²) >= 11 is 0. The smallest absolute Gasteiger partial charge is 0.332 e. The molecule has 0 spiro atoms. The van der Waals surface area contributed by atoms with Crippen molar-refractivity contribution in [3.05, 3.63) is 0 Å². The van der Waals surface area contributed by atoms with Gasteiger partial charge in [-0.3, -0.25) is 4.79 Å². The van der Waals surface area contributed by atoms with Crippen molar-refractivity contribution in [2.24, 2.45) is 0 Å². The summed E-state index contributed by atoms with van der Waals surface area (Å²) in [5, 5.41) is 3.37. The average Bonchev–Trinajstić information content (AvgIpc) is 2.68. The number of likely N-dealkylation sites (tertiary alicyclic amines) is 2. The molecule has 1 atom stereocenters. The molecule has 0 saturated carbocycles. The van der Waals surface area contributed by atoms with E-state index in [1.54, 1.807) is 0 Å². The Kier molecular flexibility index (Phi) is 5.14. The maximum atomic E-state index is 12.4. The number of nitrogens with zero attached hydrogens (tertiary/aromatic N) is 2. The highest BCUT2D eigenvalue weighted by Gasteiger charge is 2.38. The molecule has 2 heterocycles. The van der Waals surface area contributed by atoms with Crippen LogP contribution in [0.25, 0.3) is 0 Å². The van der Waals surface area contributed by atoms with E-state index in [2.05, 4.69) is 24.1 Å². The molecule has 2 aliphatic rings. The molecule has 0 aromatic heterocycles. The van der Waals surface area contributed by atoms with Gasteiger partial charge in [-0.2, -0.15) is 13.2 Å². The van der Waals surface area contributed by atoms with Gasteiger partial charge >= 0.3 is 6.18 Å². The van der Waals surface area contributed by atoms with Crippen molar-refractivity contribution in [3.63, 3.8) is 0 Å². The summed E-state index contributed by atoms with van der Waals surface area (Å²) in [5.74, 6) is -0.399. The number of piperidine rings is 1.